The smallest absolute Gasteiger partial charge is 0.293 e. The Labute approximate surface area is 208 Å². The molecule has 0 atom stereocenters. The zero-order valence-corrected chi connectivity index (χ0v) is 19.7. The highest BCUT2D eigenvalue weighted by molar-refractivity contribution is 8.18. The molecule has 2 amide bonds. The molecule has 4 aromatic rings. The van der Waals surface area contributed by atoms with E-state index in [2.05, 4.69) is 0 Å². The molecule has 0 spiro atoms. The summed E-state index contributed by atoms with van der Waals surface area (Å²) < 4.78 is 11.6. The molecule has 1 fully saturated rings. The third kappa shape index (κ3) is 5.23. The van der Waals surface area contributed by atoms with Crippen molar-refractivity contribution < 1.29 is 19.1 Å². The molecule has 35 heavy (non-hydrogen) atoms. The van der Waals surface area contributed by atoms with Crippen LogP contribution in [0.4, 0.5) is 4.79 Å². The molecule has 0 radical (unpaired) electrons. The third-order valence-corrected chi connectivity index (χ3v) is 6.55. The van der Waals surface area contributed by atoms with Crippen molar-refractivity contribution in [2.45, 2.75) is 6.54 Å². The lowest BCUT2D eigenvalue weighted by atomic mass is 10.0. The largest absolute Gasteiger partial charge is 0.490 e. The second-order valence-corrected chi connectivity index (χ2v) is 8.95. The molecule has 0 aromatic heterocycles. The molecule has 174 valence electrons. The maximum atomic E-state index is 13.1. The van der Waals surface area contributed by atoms with Crippen molar-refractivity contribution in [1.82, 2.24) is 4.90 Å². The number of ether oxygens (including phenoxy) is 2. The molecule has 0 aliphatic carbocycles. The summed E-state index contributed by atoms with van der Waals surface area (Å²) in [5, 5.41) is 1.84. The topological polar surface area (TPSA) is 55.8 Å². The monoisotopic (exact) mass is 481 g/mol. The normalized spacial score (nSPS) is 14.6. The molecule has 6 heteroatoms. The number of imide groups is 1. The van der Waals surface area contributed by atoms with E-state index in [1.54, 1.807) is 6.08 Å². The second kappa shape index (κ2) is 10.5. The number of amides is 2. The lowest BCUT2D eigenvalue weighted by Gasteiger charge is -2.14. The number of thioether (sulfide) groups is 1. The summed E-state index contributed by atoms with van der Waals surface area (Å²) in [6.07, 6.45) is 1.72. The lowest BCUT2D eigenvalue weighted by Crippen LogP contribution is -2.27. The fourth-order valence-corrected chi connectivity index (χ4v) is 4.77. The van der Waals surface area contributed by atoms with Crippen LogP contribution in [0.25, 0.3) is 16.8 Å². The van der Waals surface area contributed by atoms with Gasteiger partial charge < -0.3 is 9.47 Å². The van der Waals surface area contributed by atoms with Gasteiger partial charge in [-0.15, -0.1) is 0 Å². The van der Waals surface area contributed by atoms with Crippen LogP contribution in [0, 0.1) is 0 Å². The average molecular weight is 482 g/mol. The van der Waals surface area contributed by atoms with E-state index in [0.717, 1.165) is 39.4 Å². The lowest BCUT2D eigenvalue weighted by molar-refractivity contribution is -0.123. The van der Waals surface area contributed by atoms with Crippen LogP contribution in [0.3, 0.4) is 0 Å². The van der Waals surface area contributed by atoms with Crippen LogP contribution in [0.1, 0.15) is 11.1 Å². The Kier molecular flexibility index (Phi) is 6.82. The van der Waals surface area contributed by atoms with Crippen LogP contribution in [-0.4, -0.2) is 29.3 Å². The SMILES string of the molecule is O=C1S/C(=C\c2ccccc2OCCOc2ccccc2)C(=O)N1Cc1cccc2ccccc12. The maximum Gasteiger partial charge on any atom is 0.293 e. The minimum atomic E-state index is -0.296. The van der Waals surface area contributed by atoms with E-state index in [0.29, 0.717) is 23.9 Å². The fraction of sp³-hybridized carbons (Fsp3) is 0.103. The van der Waals surface area contributed by atoms with Gasteiger partial charge in [0.15, 0.2) is 0 Å². The van der Waals surface area contributed by atoms with Gasteiger partial charge >= 0.3 is 0 Å². The first-order valence-corrected chi connectivity index (χ1v) is 12.1. The van der Waals surface area contributed by atoms with Crippen LogP contribution < -0.4 is 9.47 Å². The molecule has 5 nitrogen and oxygen atoms in total. The van der Waals surface area contributed by atoms with Gasteiger partial charge in [0, 0.05) is 5.56 Å². The zero-order chi connectivity index (χ0) is 24.0. The van der Waals surface area contributed by atoms with Crippen molar-refractivity contribution in [2.24, 2.45) is 0 Å². The van der Waals surface area contributed by atoms with Crippen molar-refractivity contribution in [3.05, 3.63) is 113 Å². The maximum absolute atomic E-state index is 13.1. The van der Waals surface area contributed by atoms with Crippen LogP contribution in [0.2, 0.25) is 0 Å². The molecule has 5 rings (SSSR count). The summed E-state index contributed by atoms with van der Waals surface area (Å²) in [5.74, 6) is 1.12. The Morgan fingerprint density at radius 3 is 2.34 bits per heavy atom. The first-order chi connectivity index (χ1) is 17.2. The van der Waals surface area contributed by atoms with Crippen LogP contribution in [-0.2, 0) is 11.3 Å². The van der Waals surface area contributed by atoms with Gasteiger partial charge in [-0.1, -0.05) is 78.9 Å². The number of rotatable bonds is 8. The summed E-state index contributed by atoms with van der Waals surface area (Å²) in [7, 11) is 0. The van der Waals surface area contributed by atoms with Gasteiger partial charge in [0.25, 0.3) is 11.1 Å². The molecule has 4 aromatic carbocycles. The summed E-state index contributed by atoms with van der Waals surface area (Å²) in [4.78, 5) is 27.6. The van der Waals surface area contributed by atoms with Gasteiger partial charge in [0.2, 0.25) is 0 Å². The molecule has 0 unspecified atom stereocenters. The highest BCUT2D eigenvalue weighted by Gasteiger charge is 2.35. The standard InChI is InChI=1S/C29H23NO4S/c31-28-27(35-29(32)30(28)20-23-12-8-11-21-9-4-6-15-25(21)23)19-22-10-5-7-16-26(22)34-18-17-33-24-13-2-1-3-14-24/h1-16,19H,17-18,20H2/b27-19-. The van der Waals surface area contributed by atoms with Crippen LogP contribution in [0.15, 0.2) is 102 Å². The molecule has 0 saturated carbocycles. The van der Waals surface area contributed by atoms with Crippen molar-refractivity contribution in [2.75, 3.05) is 13.2 Å². The number of hydrogen-bond donors (Lipinski definition) is 0. The van der Waals surface area contributed by atoms with E-state index >= 15 is 0 Å². The molecule has 1 saturated heterocycles. The van der Waals surface area contributed by atoms with E-state index < -0.39 is 0 Å². The van der Waals surface area contributed by atoms with Gasteiger partial charge in [-0.25, -0.2) is 0 Å². The minimum absolute atomic E-state index is 0.234. The number of carbonyl (C=O) groups excluding carboxylic acids is 2. The Morgan fingerprint density at radius 2 is 1.46 bits per heavy atom. The predicted molar refractivity (Wildman–Crippen MR) is 139 cm³/mol. The summed E-state index contributed by atoms with van der Waals surface area (Å²) >= 11 is 0.954. The first kappa shape index (κ1) is 22.7. The molecule has 0 bridgehead atoms. The predicted octanol–water partition coefficient (Wildman–Crippen LogP) is 6.53. The number of carbonyl (C=O) groups is 2. The molecular formula is C29H23NO4S. The number of fused-ring (bicyclic) bond motifs is 1. The van der Waals surface area contributed by atoms with E-state index in [1.807, 2.05) is 97.1 Å². The van der Waals surface area contributed by atoms with Gasteiger partial charge in [0.1, 0.15) is 24.7 Å². The highest BCUT2D eigenvalue weighted by Crippen LogP contribution is 2.35. The van der Waals surface area contributed by atoms with Gasteiger partial charge in [0.05, 0.1) is 11.4 Å². The molecule has 0 N–H and O–H groups in total. The molecular weight excluding hydrogens is 458 g/mol. The zero-order valence-electron chi connectivity index (χ0n) is 18.9. The van der Waals surface area contributed by atoms with Gasteiger partial charge in [-0.3, -0.25) is 14.5 Å². The Hall–Kier alpha value is -4.03. The Balaban J connectivity index is 1.28. The molecule has 1 heterocycles. The second-order valence-electron chi connectivity index (χ2n) is 7.95. The third-order valence-electron chi connectivity index (χ3n) is 5.64. The fourth-order valence-electron chi connectivity index (χ4n) is 3.94. The summed E-state index contributed by atoms with van der Waals surface area (Å²) in [6.45, 7) is 0.973. The number of para-hydroxylation sites is 2. The van der Waals surface area contributed by atoms with E-state index in [9.17, 15) is 9.59 Å². The number of hydrogen-bond acceptors (Lipinski definition) is 5. The number of nitrogens with zero attached hydrogens (tertiary/aromatic N) is 1. The van der Waals surface area contributed by atoms with Crippen LogP contribution >= 0.6 is 11.8 Å². The van der Waals surface area contributed by atoms with E-state index in [1.165, 1.54) is 4.90 Å². The number of benzene rings is 4. The Bertz CT molecular complexity index is 1390. The van der Waals surface area contributed by atoms with Gasteiger partial charge in [-0.05, 0) is 52.4 Å². The van der Waals surface area contributed by atoms with E-state index in [4.69, 9.17) is 9.47 Å². The Morgan fingerprint density at radius 1 is 0.743 bits per heavy atom. The summed E-state index contributed by atoms with van der Waals surface area (Å²) in [5.41, 5.74) is 1.68. The average Bonchev–Trinajstić information content (AvgIpc) is 3.15. The molecule has 1 aliphatic rings. The van der Waals surface area contributed by atoms with E-state index in [-0.39, 0.29) is 17.7 Å². The van der Waals surface area contributed by atoms with Crippen LogP contribution in [0.5, 0.6) is 11.5 Å². The van der Waals surface area contributed by atoms with Crippen molar-refractivity contribution in [1.29, 1.82) is 0 Å². The van der Waals surface area contributed by atoms with Crippen molar-refractivity contribution in [3.8, 4) is 11.5 Å². The molecule has 1 aliphatic heterocycles. The van der Waals surface area contributed by atoms with Crippen molar-refractivity contribution >= 4 is 39.8 Å². The minimum Gasteiger partial charge on any atom is -0.490 e. The summed E-state index contributed by atoms with van der Waals surface area (Å²) in [6, 6.07) is 30.9. The van der Waals surface area contributed by atoms with Gasteiger partial charge in [-0.2, -0.15) is 0 Å². The van der Waals surface area contributed by atoms with Crippen molar-refractivity contribution in [3.63, 3.8) is 0 Å². The highest BCUT2D eigenvalue weighted by atomic mass is 32.2. The first-order valence-electron chi connectivity index (χ1n) is 11.3. The quantitative estimate of drug-likeness (QED) is 0.211.